The smallest absolute Gasteiger partial charge is 0.0753 e. The summed E-state index contributed by atoms with van der Waals surface area (Å²) in [5, 5.41) is 15.8. The molecule has 3 heteroatoms. The van der Waals surface area contributed by atoms with E-state index < -0.39 is 15.8 Å². The standard InChI is InChI=1S/C22H27NOS/c1-22(2,24)21(19-13-9-6-10-14-19)25(23(3)4)16-15-20(17-25)18-11-7-5-8-12-18/h5-17,21,24H,1-4H3. The van der Waals surface area contributed by atoms with Crippen LogP contribution >= 0.6 is 10.2 Å². The Morgan fingerprint density at radius 2 is 1.48 bits per heavy atom. The Kier molecular flexibility index (Phi) is 4.92. The van der Waals surface area contributed by atoms with Crippen LogP contribution in [-0.4, -0.2) is 29.1 Å². The molecule has 2 nitrogen and oxygen atoms in total. The number of allylic oxidation sites excluding steroid dienone is 2. The Labute approximate surface area is 153 Å². The second-order valence-corrected chi connectivity index (χ2v) is 10.4. The first-order valence-electron chi connectivity index (χ1n) is 8.57. The van der Waals surface area contributed by atoms with E-state index in [2.05, 4.69) is 83.8 Å². The van der Waals surface area contributed by atoms with Gasteiger partial charge in [0.1, 0.15) is 0 Å². The summed E-state index contributed by atoms with van der Waals surface area (Å²) in [4.78, 5) is 0. The Hall–Kier alpha value is -1.81. The van der Waals surface area contributed by atoms with Gasteiger partial charge in [0.2, 0.25) is 0 Å². The van der Waals surface area contributed by atoms with Crippen LogP contribution in [0, 0.1) is 0 Å². The molecule has 132 valence electrons. The summed E-state index contributed by atoms with van der Waals surface area (Å²) in [5.41, 5.74) is 2.79. The molecule has 0 saturated heterocycles. The number of hydrogen-bond acceptors (Lipinski definition) is 2. The predicted octanol–water partition coefficient (Wildman–Crippen LogP) is 5.35. The van der Waals surface area contributed by atoms with E-state index in [9.17, 15) is 5.11 Å². The zero-order chi connectivity index (χ0) is 18.1. The molecule has 0 amide bonds. The Balaban J connectivity index is 2.15. The summed E-state index contributed by atoms with van der Waals surface area (Å²) >= 11 is 0. The fourth-order valence-electron chi connectivity index (χ4n) is 3.56. The maximum Gasteiger partial charge on any atom is 0.0753 e. The van der Waals surface area contributed by atoms with Crippen molar-refractivity contribution in [3.63, 3.8) is 0 Å². The van der Waals surface area contributed by atoms with Crippen molar-refractivity contribution in [3.05, 3.63) is 88.7 Å². The van der Waals surface area contributed by atoms with Crippen LogP contribution in [-0.2, 0) is 0 Å². The second kappa shape index (κ2) is 6.83. The first-order chi connectivity index (χ1) is 11.8. The molecule has 0 radical (unpaired) electrons. The quantitative estimate of drug-likeness (QED) is 0.783. The van der Waals surface area contributed by atoms with Gasteiger partial charge in [-0.15, -0.1) is 10.2 Å². The minimum atomic E-state index is -1.49. The highest BCUT2D eigenvalue weighted by molar-refractivity contribution is 8.37. The van der Waals surface area contributed by atoms with Gasteiger partial charge in [-0.1, -0.05) is 60.7 Å². The van der Waals surface area contributed by atoms with Crippen molar-refractivity contribution >= 4 is 15.8 Å². The van der Waals surface area contributed by atoms with Crippen molar-refractivity contribution in [2.45, 2.75) is 24.7 Å². The lowest BCUT2D eigenvalue weighted by Crippen LogP contribution is -2.36. The van der Waals surface area contributed by atoms with Crippen molar-refractivity contribution in [1.82, 2.24) is 4.31 Å². The molecule has 3 rings (SSSR count). The van der Waals surface area contributed by atoms with E-state index in [1.54, 1.807) is 0 Å². The van der Waals surface area contributed by atoms with E-state index in [0.717, 1.165) is 0 Å². The van der Waals surface area contributed by atoms with Gasteiger partial charge < -0.3 is 5.11 Å². The summed E-state index contributed by atoms with van der Waals surface area (Å²) in [6.45, 7) is 3.84. The molecule has 2 aromatic carbocycles. The summed E-state index contributed by atoms with van der Waals surface area (Å²) in [5.74, 6) is 0. The molecule has 0 aliphatic carbocycles. The zero-order valence-electron chi connectivity index (χ0n) is 15.4. The number of nitrogens with zero attached hydrogens (tertiary/aromatic N) is 1. The molecule has 2 atom stereocenters. The van der Waals surface area contributed by atoms with E-state index in [-0.39, 0.29) is 5.25 Å². The van der Waals surface area contributed by atoms with Gasteiger partial charge >= 0.3 is 0 Å². The Morgan fingerprint density at radius 3 is 2.00 bits per heavy atom. The maximum absolute atomic E-state index is 11.1. The maximum atomic E-state index is 11.1. The SMILES string of the molecule is CN(C)S1(C(c2ccccc2)C(C)(C)O)C=CC(c2ccccc2)=C1. The highest BCUT2D eigenvalue weighted by atomic mass is 32.3. The highest BCUT2D eigenvalue weighted by Gasteiger charge is 2.43. The van der Waals surface area contributed by atoms with Gasteiger partial charge in [0.05, 0.1) is 10.9 Å². The molecule has 0 bridgehead atoms. The van der Waals surface area contributed by atoms with Crippen molar-refractivity contribution < 1.29 is 5.11 Å². The third-order valence-electron chi connectivity index (χ3n) is 4.64. The Bertz CT molecular complexity index is 775. The van der Waals surface area contributed by atoms with Crippen LogP contribution in [0.1, 0.15) is 30.2 Å². The average molecular weight is 354 g/mol. The van der Waals surface area contributed by atoms with E-state index in [1.807, 2.05) is 26.0 Å². The fraction of sp³-hybridized carbons (Fsp3) is 0.273. The second-order valence-electron chi connectivity index (χ2n) is 7.22. The topological polar surface area (TPSA) is 23.5 Å². The summed E-state index contributed by atoms with van der Waals surface area (Å²) in [6, 6.07) is 20.9. The molecule has 0 fully saturated rings. The number of aliphatic hydroxyl groups is 1. The third-order valence-corrected chi connectivity index (χ3v) is 8.72. The van der Waals surface area contributed by atoms with Gasteiger partial charge in [0.15, 0.2) is 0 Å². The lowest BCUT2D eigenvalue weighted by molar-refractivity contribution is 0.0757. The van der Waals surface area contributed by atoms with Crippen LogP contribution in [0.5, 0.6) is 0 Å². The molecule has 1 heterocycles. The van der Waals surface area contributed by atoms with Gasteiger partial charge in [-0.25, -0.2) is 0 Å². The first-order valence-corrected chi connectivity index (χ1v) is 10.3. The van der Waals surface area contributed by atoms with Gasteiger partial charge in [0, 0.05) is 0 Å². The van der Waals surface area contributed by atoms with E-state index >= 15 is 0 Å². The lowest BCUT2D eigenvalue weighted by atomic mass is 9.98. The van der Waals surface area contributed by atoms with E-state index in [1.165, 1.54) is 16.7 Å². The van der Waals surface area contributed by atoms with Gasteiger partial charge in [0.25, 0.3) is 0 Å². The number of benzene rings is 2. The van der Waals surface area contributed by atoms with Crippen LogP contribution in [0.25, 0.3) is 5.57 Å². The molecule has 2 unspecified atom stereocenters. The fourth-order valence-corrected chi connectivity index (χ4v) is 7.31. The molecule has 2 aromatic rings. The van der Waals surface area contributed by atoms with Crippen molar-refractivity contribution in [2.24, 2.45) is 0 Å². The molecular formula is C22H27NOS. The van der Waals surface area contributed by atoms with Gasteiger partial charge in [-0.05, 0) is 61.5 Å². The average Bonchev–Trinajstić information content (AvgIpc) is 3.02. The van der Waals surface area contributed by atoms with E-state index in [4.69, 9.17) is 0 Å². The van der Waals surface area contributed by atoms with Crippen LogP contribution in [0.2, 0.25) is 0 Å². The molecule has 1 aliphatic heterocycles. The van der Waals surface area contributed by atoms with Crippen LogP contribution in [0.4, 0.5) is 0 Å². The van der Waals surface area contributed by atoms with Crippen molar-refractivity contribution in [2.75, 3.05) is 14.1 Å². The third kappa shape index (κ3) is 3.45. The molecule has 1 N–H and O–H groups in total. The molecular weight excluding hydrogens is 326 g/mol. The predicted molar refractivity (Wildman–Crippen MR) is 110 cm³/mol. The molecule has 1 aliphatic rings. The van der Waals surface area contributed by atoms with Crippen molar-refractivity contribution in [1.29, 1.82) is 0 Å². The first kappa shape index (κ1) is 18.0. The van der Waals surface area contributed by atoms with E-state index in [0.29, 0.717) is 0 Å². The monoisotopic (exact) mass is 353 g/mol. The molecule has 0 saturated carbocycles. The van der Waals surface area contributed by atoms with Crippen LogP contribution < -0.4 is 0 Å². The normalized spacial score (nSPS) is 24.0. The van der Waals surface area contributed by atoms with Gasteiger partial charge in [-0.2, -0.15) is 0 Å². The summed E-state index contributed by atoms with van der Waals surface area (Å²) < 4.78 is 2.29. The van der Waals surface area contributed by atoms with Crippen LogP contribution in [0.3, 0.4) is 0 Å². The largest absolute Gasteiger partial charge is 0.389 e. The summed E-state index contributed by atoms with van der Waals surface area (Å²) in [6.07, 6.45) is 2.21. The lowest BCUT2D eigenvalue weighted by Gasteiger charge is -2.50. The van der Waals surface area contributed by atoms with Crippen molar-refractivity contribution in [3.8, 4) is 0 Å². The molecule has 25 heavy (non-hydrogen) atoms. The Morgan fingerprint density at radius 1 is 0.920 bits per heavy atom. The minimum absolute atomic E-state index is 0.00587. The highest BCUT2D eigenvalue weighted by Crippen LogP contribution is 2.70. The number of rotatable bonds is 5. The summed E-state index contributed by atoms with van der Waals surface area (Å²) in [7, 11) is 2.75. The molecule has 0 aromatic heterocycles. The number of hydrogen-bond donors (Lipinski definition) is 1. The minimum Gasteiger partial charge on any atom is -0.389 e. The van der Waals surface area contributed by atoms with Gasteiger partial charge in [-0.3, -0.25) is 4.31 Å². The van der Waals surface area contributed by atoms with Crippen LogP contribution in [0.15, 0.2) is 77.6 Å². The zero-order valence-corrected chi connectivity index (χ0v) is 16.2. The molecule has 0 spiro atoms.